The average Bonchev–Trinajstić information content (AvgIpc) is 2.26. The third-order valence-electron chi connectivity index (χ3n) is 2.33. The zero-order chi connectivity index (χ0) is 12.8. The van der Waals surface area contributed by atoms with E-state index in [-0.39, 0.29) is 12.2 Å². The number of benzene rings is 1. The van der Waals surface area contributed by atoms with E-state index >= 15 is 0 Å². The number of aldehydes is 1. The molecule has 0 amide bonds. The summed E-state index contributed by atoms with van der Waals surface area (Å²) in [6.07, 6.45) is 2.08. The first-order valence-electron chi connectivity index (χ1n) is 5.61. The zero-order valence-electron chi connectivity index (χ0n) is 10.0. The molecule has 0 aliphatic carbocycles. The Bertz CT molecular complexity index is 366. The number of halogens is 2. The predicted octanol–water partition coefficient (Wildman–Crippen LogP) is 3.59. The lowest BCUT2D eigenvalue weighted by atomic mass is 10.1. The largest absolute Gasteiger partial charge is 0.488 e. The Labute approximate surface area is 99.6 Å². The van der Waals surface area contributed by atoms with Gasteiger partial charge < -0.3 is 4.74 Å². The van der Waals surface area contributed by atoms with Gasteiger partial charge in [-0.25, -0.2) is 8.78 Å². The Morgan fingerprint density at radius 1 is 1.29 bits per heavy atom. The summed E-state index contributed by atoms with van der Waals surface area (Å²) >= 11 is 0. The molecule has 0 fully saturated rings. The lowest BCUT2D eigenvalue weighted by Crippen LogP contribution is -2.03. The fraction of sp³-hybridized carbons (Fsp3) is 0.462. The van der Waals surface area contributed by atoms with Gasteiger partial charge in [0.1, 0.15) is 6.29 Å². The van der Waals surface area contributed by atoms with E-state index in [0.717, 1.165) is 25.0 Å². The second-order valence-corrected chi connectivity index (χ2v) is 4.32. The van der Waals surface area contributed by atoms with E-state index < -0.39 is 17.4 Å². The minimum Gasteiger partial charge on any atom is -0.488 e. The predicted molar refractivity (Wildman–Crippen MR) is 61.3 cm³/mol. The Morgan fingerprint density at radius 3 is 2.35 bits per heavy atom. The van der Waals surface area contributed by atoms with E-state index in [1.54, 1.807) is 0 Å². The van der Waals surface area contributed by atoms with E-state index in [0.29, 0.717) is 12.2 Å². The molecule has 0 unspecified atom stereocenters. The standard InChI is InChI=1S/C13H16F2O2/c1-9(2)4-3-5-17-13-11(14)6-10(8-16)7-12(13)15/h6-9H,3-5H2,1-2H3. The van der Waals surface area contributed by atoms with Gasteiger partial charge in [0.05, 0.1) is 6.61 Å². The van der Waals surface area contributed by atoms with Gasteiger partial charge in [0.2, 0.25) is 0 Å². The van der Waals surface area contributed by atoms with Crippen LogP contribution in [-0.2, 0) is 0 Å². The van der Waals surface area contributed by atoms with Crippen LogP contribution in [0.2, 0.25) is 0 Å². The maximum Gasteiger partial charge on any atom is 0.190 e. The molecule has 0 bridgehead atoms. The Hall–Kier alpha value is -1.45. The molecule has 0 radical (unpaired) electrons. The molecule has 0 spiro atoms. The Morgan fingerprint density at radius 2 is 1.88 bits per heavy atom. The minimum atomic E-state index is -0.836. The molecule has 17 heavy (non-hydrogen) atoms. The highest BCUT2D eigenvalue weighted by atomic mass is 19.1. The van der Waals surface area contributed by atoms with Crippen molar-refractivity contribution in [2.45, 2.75) is 26.7 Å². The molecule has 1 rings (SSSR count). The highest BCUT2D eigenvalue weighted by Crippen LogP contribution is 2.23. The third-order valence-corrected chi connectivity index (χ3v) is 2.33. The summed E-state index contributed by atoms with van der Waals surface area (Å²) in [6, 6.07) is 1.93. The van der Waals surface area contributed by atoms with Gasteiger partial charge in [-0.3, -0.25) is 4.79 Å². The van der Waals surface area contributed by atoms with E-state index in [4.69, 9.17) is 4.74 Å². The molecule has 0 aliphatic heterocycles. The quantitative estimate of drug-likeness (QED) is 0.563. The molecule has 94 valence electrons. The van der Waals surface area contributed by atoms with E-state index in [1.807, 2.05) is 0 Å². The molecular formula is C13H16F2O2. The highest BCUT2D eigenvalue weighted by molar-refractivity contribution is 5.75. The van der Waals surface area contributed by atoms with Crippen molar-refractivity contribution in [2.75, 3.05) is 6.61 Å². The molecule has 0 saturated carbocycles. The normalized spacial score (nSPS) is 10.6. The van der Waals surface area contributed by atoms with Crippen LogP contribution >= 0.6 is 0 Å². The molecule has 2 nitrogen and oxygen atoms in total. The highest BCUT2D eigenvalue weighted by Gasteiger charge is 2.12. The van der Waals surface area contributed by atoms with Crippen LogP contribution in [0.15, 0.2) is 12.1 Å². The second-order valence-electron chi connectivity index (χ2n) is 4.32. The molecule has 1 aromatic rings. The molecule has 0 aliphatic rings. The lowest BCUT2D eigenvalue weighted by molar-refractivity contribution is 0.112. The molecule has 0 N–H and O–H groups in total. The summed E-state index contributed by atoms with van der Waals surface area (Å²) in [5.41, 5.74) is -0.0328. The number of hydrogen-bond acceptors (Lipinski definition) is 2. The van der Waals surface area contributed by atoms with Crippen LogP contribution in [0.4, 0.5) is 8.78 Å². The van der Waals surface area contributed by atoms with Crippen LogP contribution in [-0.4, -0.2) is 12.9 Å². The van der Waals surface area contributed by atoms with Crippen LogP contribution in [0.1, 0.15) is 37.0 Å². The summed E-state index contributed by atoms with van der Waals surface area (Å²) in [7, 11) is 0. The van der Waals surface area contributed by atoms with Gasteiger partial charge in [0, 0.05) is 5.56 Å². The first-order chi connectivity index (χ1) is 8.04. The van der Waals surface area contributed by atoms with Gasteiger partial charge in [-0.05, 0) is 30.9 Å². The van der Waals surface area contributed by atoms with Crippen molar-refractivity contribution in [3.63, 3.8) is 0 Å². The summed E-state index contributed by atoms with van der Waals surface area (Å²) < 4.78 is 31.8. The average molecular weight is 242 g/mol. The van der Waals surface area contributed by atoms with Gasteiger partial charge in [-0.15, -0.1) is 0 Å². The molecule has 0 heterocycles. The number of ether oxygens (including phenoxy) is 1. The molecule has 4 heteroatoms. The fourth-order valence-corrected chi connectivity index (χ4v) is 1.45. The van der Waals surface area contributed by atoms with Crippen LogP contribution in [0.25, 0.3) is 0 Å². The van der Waals surface area contributed by atoms with Gasteiger partial charge in [-0.1, -0.05) is 13.8 Å². The summed E-state index contributed by atoms with van der Waals surface area (Å²) in [6.45, 7) is 4.41. The maximum atomic E-state index is 13.4. The SMILES string of the molecule is CC(C)CCCOc1c(F)cc(C=O)cc1F. The summed E-state index contributed by atoms with van der Waals surface area (Å²) in [5, 5.41) is 0. The monoisotopic (exact) mass is 242 g/mol. The van der Waals surface area contributed by atoms with E-state index in [1.165, 1.54) is 0 Å². The van der Waals surface area contributed by atoms with Crippen molar-refractivity contribution in [1.29, 1.82) is 0 Å². The Balaban J connectivity index is 2.62. The van der Waals surface area contributed by atoms with Crippen LogP contribution in [0.3, 0.4) is 0 Å². The van der Waals surface area contributed by atoms with E-state index in [9.17, 15) is 13.6 Å². The topological polar surface area (TPSA) is 26.3 Å². The van der Waals surface area contributed by atoms with Gasteiger partial charge in [0.15, 0.2) is 17.4 Å². The molecule has 0 atom stereocenters. The minimum absolute atomic E-state index is 0.0328. The number of carbonyl (C=O) groups is 1. The van der Waals surface area contributed by atoms with Crippen LogP contribution in [0, 0.1) is 17.6 Å². The second kappa shape index (κ2) is 6.33. The first-order valence-corrected chi connectivity index (χ1v) is 5.61. The van der Waals surface area contributed by atoms with Gasteiger partial charge in [-0.2, -0.15) is 0 Å². The van der Waals surface area contributed by atoms with Crippen LogP contribution in [0.5, 0.6) is 5.75 Å². The van der Waals surface area contributed by atoms with Gasteiger partial charge >= 0.3 is 0 Å². The van der Waals surface area contributed by atoms with Crippen molar-refractivity contribution in [2.24, 2.45) is 5.92 Å². The van der Waals surface area contributed by atoms with Crippen molar-refractivity contribution in [1.82, 2.24) is 0 Å². The zero-order valence-corrected chi connectivity index (χ0v) is 10.0. The number of carbonyl (C=O) groups excluding carboxylic acids is 1. The summed E-state index contributed by atoms with van der Waals surface area (Å²) in [4.78, 5) is 10.4. The molecule has 1 aromatic carbocycles. The molecule has 0 aromatic heterocycles. The van der Waals surface area contributed by atoms with Crippen molar-refractivity contribution >= 4 is 6.29 Å². The van der Waals surface area contributed by atoms with Gasteiger partial charge in [0.25, 0.3) is 0 Å². The van der Waals surface area contributed by atoms with Crippen molar-refractivity contribution in [3.05, 3.63) is 29.3 Å². The van der Waals surface area contributed by atoms with E-state index in [2.05, 4.69) is 13.8 Å². The molecular weight excluding hydrogens is 226 g/mol. The number of hydrogen-bond donors (Lipinski definition) is 0. The molecule has 0 saturated heterocycles. The number of rotatable bonds is 6. The van der Waals surface area contributed by atoms with Crippen LogP contribution < -0.4 is 4.74 Å². The van der Waals surface area contributed by atoms with Crippen molar-refractivity contribution < 1.29 is 18.3 Å². The fourth-order valence-electron chi connectivity index (χ4n) is 1.45. The lowest BCUT2D eigenvalue weighted by Gasteiger charge is -2.09. The maximum absolute atomic E-state index is 13.4. The Kier molecular flexibility index (Phi) is 5.07. The third kappa shape index (κ3) is 4.13. The smallest absolute Gasteiger partial charge is 0.190 e. The van der Waals surface area contributed by atoms with Crippen molar-refractivity contribution in [3.8, 4) is 5.75 Å². The summed E-state index contributed by atoms with van der Waals surface area (Å²) in [5.74, 6) is -1.54. The first kappa shape index (κ1) is 13.6.